The molecule has 0 fully saturated rings. The van der Waals surface area contributed by atoms with E-state index in [1.165, 1.54) is 0 Å². The molecule has 0 aliphatic carbocycles. The standard InChI is InChI=1S/C13H16N4/c1-8-6-5-7-11(15-8)13-16-10(3)9(2)12(14-4)17-13/h5-7H,1-4H3,(H,14,16,17). The average molecular weight is 228 g/mol. The van der Waals surface area contributed by atoms with Crippen molar-refractivity contribution >= 4 is 5.82 Å². The van der Waals surface area contributed by atoms with Crippen molar-refractivity contribution in [3.63, 3.8) is 0 Å². The zero-order chi connectivity index (χ0) is 12.4. The van der Waals surface area contributed by atoms with E-state index >= 15 is 0 Å². The van der Waals surface area contributed by atoms with E-state index in [2.05, 4.69) is 20.3 Å². The molecule has 0 aliphatic rings. The number of hydrogen-bond acceptors (Lipinski definition) is 4. The van der Waals surface area contributed by atoms with Crippen LogP contribution in [0.2, 0.25) is 0 Å². The van der Waals surface area contributed by atoms with Gasteiger partial charge in [0.05, 0.1) is 0 Å². The van der Waals surface area contributed by atoms with Crippen LogP contribution in [-0.4, -0.2) is 22.0 Å². The van der Waals surface area contributed by atoms with Crippen molar-refractivity contribution in [2.75, 3.05) is 12.4 Å². The summed E-state index contributed by atoms with van der Waals surface area (Å²) in [5, 5.41) is 3.08. The number of aromatic nitrogens is 3. The Morgan fingerprint density at radius 3 is 2.41 bits per heavy atom. The molecule has 2 heterocycles. The Hall–Kier alpha value is -1.97. The van der Waals surface area contributed by atoms with Crippen molar-refractivity contribution in [2.45, 2.75) is 20.8 Å². The van der Waals surface area contributed by atoms with Gasteiger partial charge >= 0.3 is 0 Å². The van der Waals surface area contributed by atoms with Gasteiger partial charge in [-0.2, -0.15) is 0 Å². The molecule has 2 rings (SSSR count). The van der Waals surface area contributed by atoms with E-state index in [9.17, 15) is 0 Å². The molecule has 0 amide bonds. The second kappa shape index (κ2) is 4.49. The third kappa shape index (κ3) is 2.25. The van der Waals surface area contributed by atoms with E-state index in [4.69, 9.17) is 0 Å². The summed E-state index contributed by atoms with van der Waals surface area (Å²) in [7, 11) is 1.86. The number of rotatable bonds is 2. The lowest BCUT2D eigenvalue weighted by molar-refractivity contribution is 1.05. The number of anilines is 1. The third-order valence-electron chi connectivity index (χ3n) is 2.74. The monoisotopic (exact) mass is 228 g/mol. The van der Waals surface area contributed by atoms with Gasteiger partial charge in [0.15, 0.2) is 5.82 Å². The summed E-state index contributed by atoms with van der Waals surface area (Å²) >= 11 is 0. The molecule has 17 heavy (non-hydrogen) atoms. The second-order valence-corrected chi connectivity index (χ2v) is 4.02. The van der Waals surface area contributed by atoms with Gasteiger partial charge in [0.25, 0.3) is 0 Å². The normalized spacial score (nSPS) is 10.4. The lowest BCUT2D eigenvalue weighted by Gasteiger charge is -2.09. The molecule has 0 saturated carbocycles. The van der Waals surface area contributed by atoms with Crippen LogP contribution in [0.25, 0.3) is 11.5 Å². The number of nitrogens with zero attached hydrogens (tertiary/aromatic N) is 3. The van der Waals surface area contributed by atoms with Crippen LogP contribution in [0.4, 0.5) is 5.82 Å². The molecule has 1 N–H and O–H groups in total. The van der Waals surface area contributed by atoms with Crippen LogP contribution in [0.1, 0.15) is 17.0 Å². The summed E-state index contributed by atoms with van der Waals surface area (Å²) in [5.74, 6) is 1.52. The van der Waals surface area contributed by atoms with Crippen molar-refractivity contribution in [1.29, 1.82) is 0 Å². The van der Waals surface area contributed by atoms with E-state index in [0.29, 0.717) is 5.82 Å². The highest BCUT2D eigenvalue weighted by Gasteiger charge is 2.09. The highest BCUT2D eigenvalue weighted by atomic mass is 15.0. The lowest BCUT2D eigenvalue weighted by Crippen LogP contribution is -2.03. The summed E-state index contributed by atoms with van der Waals surface area (Å²) in [6, 6.07) is 5.86. The fourth-order valence-electron chi connectivity index (χ4n) is 1.65. The van der Waals surface area contributed by atoms with Crippen LogP contribution < -0.4 is 5.32 Å². The molecule has 4 nitrogen and oxygen atoms in total. The van der Waals surface area contributed by atoms with Crippen molar-refractivity contribution in [3.8, 4) is 11.5 Å². The van der Waals surface area contributed by atoms with Gasteiger partial charge in [-0.25, -0.2) is 15.0 Å². The summed E-state index contributed by atoms with van der Waals surface area (Å²) in [6.45, 7) is 5.95. The van der Waals surface area contributed by atoms with E-state index in [1.807, 2.05) is 46.0 Å². The minimum Gasteiger partial charge on any atom is -0.373 e. The Morgan fingerprint density at radius 2 is 1.76 bits per heavy atom. The van der Waals surface area contributed by atoms with Crippen LogP contribution >= 0.6 is 0 Å². The first-order valence-electron chi connectivity index (χ1n) is 5.59. The molecule has 0 unspecified atom stereocenters. The van der Waals surface area contributed by atoms with Gasteiger partial charge in [0, 0.05) is 24.0 Å². The maximum atomic E-state index is 4.48. The second-order valence-electron chi connectivity index (χ2n) is 4.02. The zero-order valence-corrected chi connectivity index (χ0v) is 10.6. The molecule has 2 aromatic heterocycles. The Kier molecular flexibility index (Phi) is 3.04. The maximum absolute atomic E-state index is 4.48. The van der Waals surface area contributed by atoms with Crippen LogP contribution in [0.5, 0.6) is 0 Å². The molecule has 4 heteroatoms. The summed E-state index contributed by atoms with van der Waals surface area (Å²) in [4.78, 5) is 13.4. The Balaban J connectivity index is 2.56. The Morgan fingerprint density at radius 1 is 1.00 bits per heavy atom. The number of aryl methyl sites for hydroxylation is 2. The molecular formula is C13H16N4. The summed E-state index contributed by atoms with van der Waals surface area (Å²) in [5.41, 5.74) is 3.83. The Bertz CT molecular complexity index is 549. The topological polar surface area (TPSA) is 50.7 Å². The first kappa shape index (κ1) is 11.5. The molecule has 0 bridgehead atoms. The van der Waals surface area contributed by atoms with Crippen molar-refractivity contribution in [3.05, 3.63) is 35.2 Å². The minimum atomic E-state index is 0.668. The van der Waals surface area contributed by atoms with Crippen molar-refractivity contribution in [1.82, 2.24) is 15.0 Å². The van der Waals surface area contributed by atoms with Gasteiger partial charge in [-0.1, -0.05) is 6.07 Å². The smallest absolute Gasteiger partial charge is 0.180 e. The van der Waals surface area contributed by atoms with E-state index < -0.39 is 0 Å². The third-order valence-corrected chi connectivity index (χ3v) is 2.74. The average Bonchev–Trinajstić information content (AvgIpc) is 2.32. The van der Waals surface area contributed by atoms with Gasteiger partial charge in [0.2, 0.25) is 0 Å². The summed E-state index contributed by atoms with van der Waals surface area (Å²) < 4.78 is 0. The maximum Gasteiger partial charge on any atom is 0.180 e. The highest BCUT2D eigenvalue weighted by molar-refractivity contribution is 5.56. The predicted molar refractivity (Wildman–Crippen MR) is 69.0 cm³/mol. The molecule has 0 spiro atoms. The molecule has 0 aromatic carbocycles. The van der Waals surface area contributed by atoms with Crippen molar-refractivity contribution in [2.24, 2.45) is 0 Å². The molecule has 0 aliphatic heterocycles. The highest BCUT2D eigenvalue weighted by Crippen LogP contribution is 2.19. The number of pyridine rings is 1. The molecule has 2 aromatic rings. The zero-order valence-electron chi connectivity index (χ0n) is 10.6. The fraction of sp³-hybridized carbons (Fsp3) is 0.308. The van der Waals surface area contributed by atoms with E-state index in [-0.39, 0.29) is 0 Å². The number of hydrogen-bond donors (Lipinski definition) is 1. The molecular weight excluding hydrogens is 212 g/mol. The summed E-state index contributed by atoms with van der Waals surface area (Å²) in [6.07, 6.45) is 0. The first-order valence-corrected chi connectivity index (χ1v) is 5.59. The number of nitrogens with one attached hydrogen (secondary N) is 1. The van der Waals surface area contributed by atoms with E-state index in [0.717, 1.165) is 28.5 Å². The van der Waals surface area contributed by atoms with Gasteiger partial charge in [-0.05, 0) is 32.9 Å². The quantitative estimate of drug-likeness (QED) is 0.858. The van der Waals surface area contributed by atoms with Crippen LogP contribution in [0, 0.1) is 20.8 Å². The molecule has 88 valence electrons. The van der Waals surface area contributed by atoms with Crippen LogP contribution in [-0.2, 0) is 0 Å². The Labute approximate surface area is 101 Å². The van der Waals surface area contributed by atoms with Crippen molar-refractivity contribution < 1.29 is 0 Å². The molecule has 0 saturated heterocycles. The van der Waals surface area contributed by atoms with Gasteiger partial charge < -0.3 is 5.32 Å². The van der Waals surface area contributed by atoms with Crippen LogP contribution in [0.15, 0.2) is 18.2 Å². The SMILES string of the molecule is CNc1nc(-c2cccc(C)n2)nc(C)c1C. The van der Waals surface area contributed by atoms with Gasteiger partial charge in [-0.15, -0.1) is 0 Å². The molecule has 0 atom stereocenters. The van der Waals surface area contributed by atoms with Gasteiger partial charge in [0.1, 0.15) is 11.5 Å². The van der Waals surface area contributed by atoms with Crippen LogP contribution in [0.3, 0.4) is 0 Å². The predicted octanol–water partition coefficient (Wildman–Crippen LogP) is 2.51. The van der Waals surface area contributed by atoms with Gasteiger partial charge in [-0.3, -0.25) is 0 Å². The fourth-order valence-corrected chi connectivity index (χ4v) is 1.65. The minimum absolute atomic E-state index is 0.668. The largest absolute Gasteiger partial charge is 0.373 e. The van der Waals surface area contributed by atoms with E-state index in [1.54, 1.807) is 0 Å². The lowest BCUT2D eigenvalue weighted by atomic mass is 10.2. The molecule has 0 radical (unpaired) electrons. The first-order chi connectivity index (χ1) is 8.11.